The molecule has 0 radical (unpaired) electrons. The maximum Gasteiger partial charge on any atom is 0.223 e. The van der Waals surface area contributed by atoms with E-state index in [1.807, 2.05) is 16.4 Å². The van der Waals surface area contributed by atoms with Crippen molar-refractivity contribution in [3.05, 3.63) is 33.5 Å². The maximum absolute atomic E-state index is 11.6. The van der Waals surface area contributed by atoms with E-state index in [1.54, 1.807) is 11.3 Å². The second kappa shape index (κ2) is 4.49. The molecule has 0 spiro atoms. The number of thiophene rings is 1. The van der Waals surface area contributed by atoms with Gasteiger partial charge in [-0.15, -0.1) is 17.9 Å². The zero-order valence-electron chi connectivity index (χ0n) is 8.28. The van der Waals surface area contributed by atoms with Crippen LogP contribution in [-0.2, 0) is 11.3 Å². The predicted octanol–water partition coefficient (Wildman–Crippen LogP) is 3.05. The molecule has 4 heteroatoms. The minimum Gasteiger partial charge on any atom is -0.338 e. The van der Waals surface area contributed by atoms with Crippen LogP contribution in [0.3, 0.4) is 0 Å². The van der Waals surface area contributed by atoms with Crippen molar-refractivity contribution in [2.24, 2.45) is 5.92 Å². The first-order valence-corrected chi connectivity index (χ1v) is 6.50. The van der Waals surface area contributed by atoms with E-state index >= 15 is 0 Å². The Labute approximate surface area is 102 Å². The van der Waals surface area contributed by atoms with Crippen molar-refractivity contribution in [3.63, 3.8) is 0 Å². The van der Waals surface area contributed by atoms with Crippen LogP contribution < -0.4 is 0 Å². The van der Waals surface area contributed by atoms with E-state index in [9.17, 15) is 4.79 Å². The smallest absolute Gasteiger partial charge is 0.223 e. The number of likely N-dealkylation sites (tertiary alicyclic amines) is 1. The Hall–Kier alpha value is -0.610. The van der Waals surface area contributed by atoms with Crippen molar-refractivity contribution in [1.29, 1.82) is 0 Å². The number of carbonyl (C=O) groups is 1. The molecule has 2 heterocycles. The minimum absolute atomic E-state index is 0.234. The van der Waals surface area contributed by atoms with Crippen molar-refractivity contribution in [2.45, 2.75) is 13.0 Å². The van der Waals surface area contributed by atoms with Crippen molar-refractivity contribution in [1.82, 2.24) is 4.90 Å². The lowest BCUT2D eigenvalue weighted by molar-refractivity contribution is -0.128. The fourth-order valence-electron chi connectivity index (χ4n) is 1.75. The number of hydrogen-bond donors (Lipinski definition) is 0. The lowest BCUT2D eigenvalue weighted by Crippen LogP contribution is -2.24. The van der Waals surface area contributed by atoms with E-state index < -0.39 is 0 Å². The molecule has 80 valence electrons. The molecular weight excluding hydrogens is 274 g/mol. The molecule has 15 heavy (non-hydrogen) atoms. The number of carbonyl (C=O) groups excluding carboxylic acids is 1. The number of rotatable bonds is 3. The first-order valence-electron chi connectivity index (χ1n) is 4.83. The van der Waals surface area contributed by atoms with Gasteiger partial charge >= 0.3 is 0 Å². The van der Waals surface area contributed by atoms with Crippen molar-refractivity contribution >= 4 is 33.2 Å². The zero-order chi connectivity index (χ0) is 10.8. The first-order chi connectivity index (χ1) is 7.20. The van der Waals surface area contributed by atoms with E-state index in [-0.39, 0.29) is 5.91 Å². The van der Waals surface area contributed by atoms with Gasteiger partial charge in [0.1, 0.15) is 0 Å². The molecule has 2 nitrogen and oxygen atoms in total. The van der Waals surface area contributed by atoms with Crippen molar-refractivity contribution in [3.8, 4) is 0 Å². The molecule has 1 fully saturated rings. The van der Waals surface area contributed by atoms with Gasteiger partial charge in [-0.1, -0.05) is 6.08 Å². The van der Waals surface area contributed by atoms with Crippen LogP contribution in [0.15, 0.2) is 27.9 Å². The molecule has 2 rings (SSSR count). The average Bonchev–Trinajstić information content (AvgIpc) is 2.76. The molecule has 0 saturated carbocycles. The van der Waals surface area contributed by atoms with Gasteiger partial charge in [-0.3, -0.25) is 4.79 Å². The fourth-order valence-corrected chi connectivity index (χ4v) is 2.97. The summed E-state index contributed by atoms with van der Waals surface area (Å²) in [5.41, 5.74) is 1.19. The van der Waals surface area contributed by atoms with Crippen LogP contribution in [0.2, 0.25) is 0 Å². The van der Waals surface area contributed by atoms with Gasteiger partial charge in [0.15, 0.2) is 0 Å². The normalized spacial score (nSPS) is 21.0. The summed E-state index contributed by atoms with van der Waals surface area (Å²) in [6.45, 7) is 5.27. The van der Waals surface area contributed by atoms with E-state index in [2.05, 4.69) is 28.6 Å². The Kier molecular flexibility index (Phi) is 3.26. The van der Waals surface area contributed by atoms with Gasteiger partial charge in [0.2, 0.25) is 5.91 Å². The van der Waals surface area contributed by atoms with Crippen LogP contribution in [0.25, 0.3) is 0 Å². The predicted molar refractivity (Wildman–Crippen MR) is 65.7 cm³/mol. The monoisotopic (exact) mass is 285 g/mol. The third-order valence-electron chi connectivity index (χ3n) is 2.63. The summed E-state index contributed by atoms with van der Waals surface area (Å²) in [5.74, 6) is 0.563. The zero-order valence-corrected chi connectivity index (χ0v) is 10.7. The summed E-state index contributed by atoms with van der Waals surface area (Å²) >= 11 is 5.14. The van der Waals surface area contributed by atoms with Crippen LogP contribution in [0, 0.1) is 5.92 Å². The molecule has 0 aliphatic carbocycles. The van der Waals surface area contributed by atoms with Gasteiger partial charge in [0.05, 0.1) is 3.79 Å². The summed E-state index contributed by atoms with van der Waals surface area (Å²) in [5, 5.41) is 2.03. The lowest BCUT2D eigenvalue weighted by atomic mass is 10.1. The van der Waals surface area contributed by atoms with Crippen LogP contribution in [0.4, 0.5) is 0 Å². The molecule has 1 aromatic rings. The number of halogens is 1. The molecule has 1 atom stereocenters. The van der Waals surface area contributed by atoms with Gasteiger partial charge in [-0.25, -0.2) is 0 Å². The Morgan fingerprint density at radius 1 is 1.73 bits per heavy atom. The highest BCUT2D eigenvalue weighted by Crippen LogP contribution is 2.27. The summed E-state index contributed by atoms with van der Waals surface area (Å²) < 4.78 is 1.12. The highest BCUT2D eigenvalue weighted by atomic mass is 79.9. The van der Waals surface area contributed by atoms with Gasteiger partial charge < -0.3 is 4.90 Å². The molecular formula is C11H12BrNOS. The van der Waals surface area contributed by atoms with Crippen LogP contribution in [-0.4, -0.2) is 17.4 Å². The van der Waals surface area contributed by atoms with Crippen LogP contribution in [0.1, 0.15) is 12.0 Å². The Bertz CT molecular complexity index is 388. The summed E-state index contributed by atoms with van der Waals surface area (Å²) in [7, 11) is 0. The average molecular weight is 286 g/mol. The number of nitrogens with zero attached hydrogens (tertiary/aromatic N) is 1. The van der Waals surface area contributed by atoms with E-state index in [0.29, 0.717) is 18.9 Å². The highest BCUT2D eigenvalue weighted by Gasteiger charge is 2.27. The lowest BCUT2D eigenvalue weighted by Gasteiger charge is -2.15. The first kappa shape index (κ1) is 10.9. The molecule has 1 aliphatic rings. The van der Waals surface area contributed by atoms with Gasteiger partial charge in [-0.2, -0.15) is 0 Å². The van der Waals surface area contributed by atoms with Gasteiger partial charge in [0, 0.05) is 25.4 Å². The topological polar surface area (TPSA) is 20.3 Å². The fraction of sp³-hybridized carbons (Fsp3) is 0.364. The van der Waals surface area contributed by atoms with Crippen molar-refractivity contribution in [2.75, 3.05) is 6.54 Å². The molecule has 1 aromatic heterocycles. The molecule has 1 aliphatic heterocycles. The molecule has 0 bridgehead atoms. The second-order valence-electron chi connectivity index (χ2n) is 3.69. The summed E-state index contributed by atoms with van der Waals surface area (Å²) in [6, 6.07) is 2.06. The maximum atomic E-state index is 11.6. The van der Waals surface area contributed by atoms with Gasteiger partial charge in [-0.05, 0) is 32.9 Å². The van der Waals surface area contributed by atoms with E-state index in [1.165, 1.54) is 5.56 Å². The second-order valence-corrected chi connectivity index (χ2v) is 5.93. The summed E-state index contributed by atoms with van der Waals surface area (Å²) in [4.78, 5) is 13.5. The minimum atomic E-state index is 0.234. The molecule has 1 amide bonds. The Morgan fingerprint density at radius 2 is 2.53 bits per heavy atom. The van der Waals surface area contributed by atoms with Crippen LogP contribution >= 0.6 is 27.3 Å². The van der Waals surface area contributed by atoms with Crippen LogP contribution in [0.5, 0.6) is 0 Å². The molecule has 0 N–H and O–H groups in total. The quantitative estimate of drug-likeness (QED) is 0.782. The van der Waals surface area contributed by atoms with E-state index in [4.69, 9.17) is 0 Å². The largest absolute Gasteiger partial charge is 0.338 e. The number of amides is 1. The molecule has 1 unspecified atom stereocenters. The molecule has 0 aromatic carbocycles. The third kappa shape index (κ3) is 2.32. The Balaban J connectivity index is 2.04. The number of hydrogen-bond acceptors (Lipinski definition) is 2. The SMILES string of the molecule is C=CC1CC(=O)N(Cc2ccsc2Br)C1. The standard InChI is InChI=1S/C11H12BrNOS/c1-2-8-5-10(14)13(6-8)7-9-3-4-15-11(9)12/h2-4,8H,1,5-7H2. The van der Waals surface area contributed by atoms with Crippen molar-refractivity contribution < 1.29 is 4.79 Å². The summed E-state index contributed by atoms with van der Waals surface area (Å²) in [6.07, 6.45) is 2.49. The van der Waals surface area contributed by atoms with E-state index in [0.717, 1.165) is 10.3 Å². The highest BCUT2D eigenvalue weighted by molar-refractivity contribution is 9.11. The Morgan fingerprint density at radius 3 is 3.07 bits per heavy atom. The van der Waals surface area contributed by atoms with Gasteiger partial charge in [0.25, 0.3) is 0 Å². The third-order valence-corrected chi connectivity index (χ3v) is 4.44. The molecule has 1 saturated heterocycles.